The number of thiazole rings is 1. The maximum Gasteiger partial charge on any atom is 0.263 e. The van der Waals surface area contributed by atoms with E-state index < -0.39 is 0 Å². The van der Waals surface area contributed by atoms with Crippen LogP contribution < -0.4 is 5.32 Å². The summed E-state index contributed by atoms with van der Waals surface area (Å²) in [5, 5.41) is 11.7. The molecule has 0 atom stereocenters. The van der Waals surface area contributed by atoms with Gasteiger partial charge in [0, 0.05) is 12.1 Å². The van der Waals surface area contributed by atoms with Crippen LogP contribution in [0.25, 0.3) is 0 Å². The molecule has 0 aliphatic rings. The van der Waals surface area contributed by atoms with Gasteiger partial charge in [0.15, 0.2) is 0 Å². The topological polar surface area (TPSA) is 62.2 Å². The molecular weight excluding hydrogens is 212 g/mol. The van der Waals surface area contributed by atoms with Crippen LogP contribution in [0, 0.1) is 6.92 Å². The Morgan fingerprint density at radius 2 is 2.33 bits per heavy atom. The minimum atomic E-state index is -0.387. The van der Waals surface area contributed by atoms with Crippen molar-refractivity contribution in [2.75, 3.05) is 6.61 Å². The summed E-state index contributed by atoms with van der Waals surface area (Å²) >= 11 is 1.33. The van der Waals surface area contributed by atoms with Crippen LogP contribution in [0.2, 0.25) is 0 Å². The van der Waals surface area contributed by atoms with E-state index in [1.807, 2.05) is 20.8 Å². The predicted octanol–water partition coefficient (Wildman–Crippen LogP) is 1.34. The first kappa shape index (κ1) is 12.1. The Bertz CT molecular complexity index is 347. The molecule has 0 radical (unpaired) electrons. The number of nitrogens with one attached hydrogen (secondary N) is 1. The second-order valence-corrected chi connectivity index (χ2v) is 4.93. The Morgan fingerprint density at radius 3 is 2.80 bits per heavy atom. The van der Waals surface area contributed by atoms with Gasteiger partial charge < -0.3 is 10.4 Å². The van der Waals surface area contributed by atoms with Gasteiger partial charge in [0.2, 0.25) is 0 Å². The number of aryl methyl sites for hydroxylation is 1. The van der Waals surface area contributed by atoms with Gasteiger partial charge >= 0.3 is 0 Å². The third-order valence-electron chi connectivity index (χ3n) is 2.14. The first-order valence-electron chi connectivity index (χ1n) is 4.80. The van der Waals surface area contributed by atoms with Crippen molar-refractivity contribution in [3.8, 4) is 0 Å². The van der Waals surface area contributed by atoms with Crippen LogP contribution in [-0.2, 0) is 0 Å². The number of nitrogens with zero attached hydrogens (tertiary/aromatic N) is 1. The molecule has 4 nitrogen and oxygen atoms in total. The number of aliphatic hydroxyl groups excluding tert-OH is 1. The van der Waals surface area contributed by atoms with E-state index in [1.165, 1.54) is 11.3 Å². The molecule has 0 saturated carbocycles. The third-order valence-corrected chi connectivity index (χ3v) is 3.07. The zero-order chi connectivity index (χ0) is 11.5. The van der Waals surface area contributed by atoms with Crippen molar-refractivity contribution in [3.05, 3.63) is 16.1 Å². The fourth-order valence-corrected chi connectivity index (χ4v) is 1.92. The van der Waals surface area contributed by atoms with Crippen LogP contribution in [-0.4, -0.2) is 28.1 Å². The Balaban J connectivity index is 2.68. The van der Waals surface area contributed by atoms with Crippen molar-refractivity contribution in [1.82, 2.24) is 10.3 Å². The average molecular weight is 228 g/mol. The summed E-state index contributed by atoms with van der Waals surface area (Å²) in [6.07, 6.45) is 0.538. The number of carbonyl (C=O) groups is 1. The number of hydrogen-bond acceptors (Lipinski definition) is 4. The molecule has 0 aliphatic carbocycles. The molecule has 5 heteroatoms. The fourth-order valence-electron chi connectivity index (χ4n) is 1.23. The van der Waals surface area contributed by atoms with Gasteiger partial charge in [-0.25, -0.2) is 4.98 Å². The number of rotatable bonds is 4. The van der Waals surface area contributed by atoms with Gasteiger partial charge in [-0.15, -0.1) is 11.3 Å². The molecule has 1 rings (SSSR count). The van der Waals surface area contributed by atoms with Crippen molar-refractivity contribution in [2.45, 2.75) is 32.7 Å². The highest BCUT2D eigenvalue weighted by atomic mass is 32.1. The molecule has 2 N–H and O–H groups in total. The minimum absolute atomic E-state index is 0.0644. The quantitative estimate of drug-likeness (QED) is 0.817. The lowest BCUT2D eigenvalue weighted by Gasteiger charge is -2.24. The fraction of sp³-hybridized carbons (Fsp3) is 0.600. The molecule has 1 amide bonds. The monoisotopic (exact) mass is 228 g/mol. The second-order valence-electron chi connectivity index (χ2n) is 4.08. The van der Waals surface area contributed by atoms with E-state index >= 15 is 0 Å². The van der Waals surface area contributed by atoms with Crippen LogP contribution in [0.1, 0.15) is 35.6 Å². The van der Waals surface area contributed by atoms with E-state index in [-0.39, 0.29) is 18.1 Å². The molecule has 1 aromatic heterocycles. The Hall–Kier alpha value is -0.940. The average Bonchev–Trinajstić information content (AvgIpc) is 2.50. The summed E-state index contributed by atoms with van der Waals surface area (Å²) in [6, 6.07) is 0. The number of aromatic nitrogens is 1. The number of aliphatic hydroxyl groups is 1. The van der Waals surface area contributed by atoms with Crippen LogP contribution in [0.4, 0.5) is 0 Å². The number of carbonyl (C=O) groups excluding carboxylic acids is 1. The zero-order valence-corrected chi connectivity index (χ0v) is 10.0. The lowest BCUT2D eigenvalue weighted by molar-refractivity contribution is 0.0903. The summed E-state index contributed by atoms with van der Waals surface area (Å²) in [7, 11) is 0. The van der Waals surface area contributed by atoms with Gasteiger partial charge in [-0.3, -0.25) is 4.79 Å². The predicted molar refractivity (Wildman–Crippen MR) is 60.1 cm³/mol. The molecule has 1 aromatic rings. The van der Waals surface area contributed by atoms with E-state index in [2.05, 4.69) is 10.3 Å². The summed E-state index contributed by atoms with van der Waals surface area (Å²) in [4.78, 5) is 16.5. The van der Waals surface area contributed by atoms with Crippen LogP contribution >= 0.6 is 11.3 Å². The van der Waals surface area contributed by atoms with E-state index in [0.29, 0.717) is 11.3 Å². The highest BCUT2D eigenvalue weighted by Gasteiger charge is 2.22. The first-order chi connectivity index (χ1) is 6.96. The van der Waals surface area contributed by atoms with Gasteiger partial charge in [-0.05, 0) is 27.2 Å². The molecule has 0 saturated heterocycles. The van der Waals surface area contributed by atoms with Crippen LogP contribution in [0.3, 0.4) is 0 Å². The third kappa shape index (κ3) is 3.28. The highest BCUT2D eigenvalue weighted by Crippen LogP contribution is 2.15. The molecule has 0 bridgehead atoms. The summed E-state index contributed by atoms with van der Waals surface area (Å²) in [5.41, 5.74) is 2.02. The van der Waals surface area contributed by atoms with Gasteiger partial charge in [-0.1, -0.05) is 0 Å². The van der Waals surface area contributed by atoms with Crippen molar-refractivity contribution < 1.29 is 9.90 Å². The zero-order valence-electron chi connectivity index (χ0n) is 9.20. The lowest BCUT2D eigenvalue weighted by Crippen LogP contribution is -2.43. The molecule has 0 aromatic carbocycles. The van der Waals surface area contributed by atoms with E-state index in [9.17, 15) is 4.79 Å². The molecule has 1 heterocycles. The second kappa shape index (κ2) is 4.72. The molecule has 84 valence electrons. The Kier molecular flexibility index (Phi) is 3.82. The smallest absolute Gasteiger partial charge is 0.263 e. The van der Waals surface area contributed by atoms with Gasteiger partial charge in [0.25, 0.3) is 5.91 Å². The number of amides is 1. The normalized spacial score (nSPS) is 11.5. The van der Waals surface area contributed by atoms with Gasteiger partial charge in [0.1, 0.15) is 4.88 Å². The Labute approximate surface area is 93.4 Å². The molecular formula is C10H16N2O2S. The molecule has 15 heavy (non-hydrogen) atoms. The van der Waals surface area contributed by atoms with Crippen LogP contribution in [0.5, 0.6) is 0 Å². The van der Waals surface area contributed by atoms with Crippen molar-refractivity contribution in [1.29, 1.82) is 0 Å². The molecule has 0 aliphatic heterocycles. The van der Waals surface area contributed by atoms with Crippen molar-refractivity contribution in [2.24, 2.45) is 0 Å². The van der Waals surface area contributed by atoms with Crippen molar-refractivity contribution >= 4 is 17.2 Å². The number of hydrogen-bond donors (Lipinski definition) is 2. The standard InChI is InChI=1S/C10H16N2O2S/c1-7-8(15-6-11-7)9(14)12-10(2,3)4-5-13/h6,13H,4-5H2,1-3H3,(H,12,14). The van der Waals surface area contributed by atoms with Crippen molar-refractivity contribution in [3.63, 3.8) is 0 Å². The van der Waals surface area contributed by atoms with Gasteiger partial charge in [0.05, 0.1) is 11.2 Å². The molecule has 0 unspecified atom stereocenters. The highest BCUT2D eigenvalue weighted by molar-refractivity contribution is 7.11. The van der Waals surface area contributed by atoms with Crippen LogP contribution in [0.15, 0.2) is 5.51 Å². The minimum Gasteiger partial charge on any atom is -0.396 e. The maximum atomic E-state index is 11.8. The SMILES string of the molecule is Cc1ncsc1C(=O)NC(C)(C)CCO. The molecule has 0 fully saturated rings. The summed E-state index contributed by atoms with van der Waals surface area (Å²) in [6.45, 7) is 5.65. The van der Waals surface area contributed by atoms with E-state index in [1.54, 1.807) is 5.51 Å². The first-order valence-corrected chi connectivity index (χ1v) is 5.68. The van der Waals surface area contributed by atoms with E-state index in [4.69, 9.17) is 5.11 Å². The van der Waals surface area contributed by atoms with E-state index in [0.717, 1.165) is 5.69 Å². The largest absolute Gasteiger partial charge is 0.396 e. The summed E-state index contributed by atoms with van der Waals surface area (Å²) < 4.78 is 0. The van der Waals surface area contributed by atoms with Gasteiger partial charge in [-0.2, -0.15) is 0 Å². The lowest BCUT2D eigenvalue weighted by atomic mass is 10.0. The Morgan fingerprint density at radius 1 is 1.67 bits per heavy atom. The maximum absolute atomic E-state index is 11.8. The molecule has 0 spiro atoms. The summed E-state index contributed by atoms with van der Waals surface area (Å²) in [5.74, 6) is -0.117.